The zero-order valence-electron chi connectivity index (χ0n) is 48.0. The number of hydrogen-bond donors (Lipinski definition) is 3. The quantitative estimate of drug-likeness (QED) is 0.0386. The van der Waals surface area contributed by atoms with Gasteiger partial charge in [0.05, 0.1) is 56.0 Å². The van der Waals surface area contributed by atoms with Crippen molar-refractivity contribution in [1.82, 2.24) is 14.9 Å². The summed E-state index contributed by atoms with van der Waals surface area (Å²) in [7, 11) is -0.318. The van der Waals surface area contributed by atoms with Gasteiger partial charge in [-0.15, -0.1) is 11.3 Å². The molecule has 0 unspecified atom stereocenters. The Morgan fingerprint density at radius 3 is 2.19 bits per heavy atom. The summed E-state index contributed by atoms with van der Waals surface area (Å²) >= 11 is 1.29. The third-order valence-corrected chi connectivity index (χ3v) is 17.5. The summed E-state index contributed by atoms with van der Waals surface area (Å²) < 4.78 is 75.3. The molecule has 0 spiro atoms. The Morgan fingerprint density at radius 2 is 1.59 bits per heavy atom. The molecular weight excluding hydrogens is 1090 g/mol. The Morgan fingerprint density at radius 1 is 0.938 bits per heavy atom. The van der Waals surface area contributed by atoms with E-state index in [9.17, 15) is 29.2 Å². The summed E-state index contributed by atoms with van der Waals surface area (Å²) in [4.78, 5) is 63.7. The lowest BCUT2D eigenvalue weighted by Crippen LogP contribution is -2.61. The van der Waals surface area contributed by atoms with Crippen LogP contribution in [0, 0.1) is 17.8 Å². The number of esters is 1. The molecular formula is C58H78FN6O14PS. The molecule has 0 aliphatic carbocycles. The molecule has 20 nitrogen and oxygen atoms in total. The number of ether oxygens (including phenoxy) is 5. The average molecular weight is 1170 g/mol. The number of alkyl halides is 1. The van der Waals surface area contributed by atoms with E-state index in [0.717, 1.165) is 18.1 Å². The lowest BCUT2D eigenvalue weighted by Gasteiger charge is -2.47. The molecule has 23 heteroatoms. The number of likely N-dealkylation sites (N-methyl/N-ethyl adjacent to an activating group) is 1. The van der Waals surface area contributed by atoms with E-state index in [0.29, 0.717) is 28.4 Å². The molecule has 4 aromatic rings. The minimum Gasteiger partial charge on any atom is -0.457 e. The predicted octanol–water partition coefficient (Wildman–Crippen LogP) is 9.08. The molecule has 2 bridgehead atoms. The molecule has 3 aliphatic heterocycles. The number of hydrogen-bond acceptors (Lipinski definition) is 19. The van der Waals surface area contributed by atoms with Gasteiger partial charge in [0.25, 0.3) is 5.67 Å². The Kier molecular flexibility index (Phi) is 21.5. The molecule has 7 rings (SSSR count). The van der Waals surface area contributed by atoms with Crippen molar-refractivity contribution in [3.63, 3.8) is 0 Å². The fourth-order valence-corrected chi connectivity index (χ4v) is 12.7. The van der Waals surface area contributed by atoms with E-state index in [1.54, 1.807) is 51.4 Å². The molecule has 5 heterocycles. The van der Waals surface area contributed by atoms with Crippen LogP contribution in [0.5, 0.6) is 0 Å². The average Bonchev–Trinajstić information content (AvgIpc) is 3.91. The SMILES string of the molecule is CCC(=O)/N=C1\[C@H](C)C[C@@]2(C)OC/C(=N/OCc3ccc(-c4nc(NP(=O)(OCc5ccccc5)OCc5ccccc5)cs4)cn3)CO[C@H]([C@H]1C)[C@](C)(O)[C@@H](CC)OC(=O)[C@@](C)(F)C(=O)[C@H](C)[C@H]2O[C@@H]1O[C@H](C)C[C@H](N(C)C)[C@H]1O. The number of carbonyl (C=O) groups is 3. The third-order valence-electron chi connectivity index (χ3n) is 15.1. The number of pyridine rings is 1. The highest BCUT2D eigenvalue weighted by Crippen LogP contribution is 2.50. The number of nitrogens with one attached hydrogen (secondary N) is 1. The normalized spacial score (nSPS) is 31.9. The number of fused-ring (bicyclic) bond motifs is 5. The first-order valence-corrected chi connectivity index (χ1v) is 29.8. The number of aliphatic imine (C=N–C) groups is 1. The number of ketones is 1. The lowest BCUT2D eigenvalue weighted by atomic mass is 9.73. The van der Waals surface area contributed by atoms with Crippen LogP contribution in [-0.4, -0.2) is 141 Å². The number of anilines is 1. The second kappa shape index (κ2) is 27.4. The second-order valence-corrected chi connectivity index (χ2v) is 24.6. The van der Waals surface area contributed by atoms with Crippen molar-refractivity contribution in [3.05, 3.63) is 101 Å². The van der Waals surface area contributed by atoms with Gasteiger partial charge < -0.3 is 43.6 Å². The number of nitrogens with zero attached hydrogens (tertiary/aromatic N) is 5. The monoisotopic (exact) mass is 1160 g/mol. The Bertz CT molecular complexity index is 2810. The second-order valence-electron chi connectivity index (χ2n) is 22.0. The highest BCUT2D eigenvalue weighted by molar-refractivity contribution is 7.55. The van der Waals surface area contributed by atoms with E-state index in [4.69, 9.17) is 37.6 Å². The molecule has 3 saturated heterocycles. The topological polar surface area (TPSA) is 248 Å². The van der Waals surface area contributed by atoms with E-state index in [-0.39, 0.29) is 63.8 Å². The van der Waals surface area contributed by atoms with Crippen molar-refractivity contribution >= 4 is 54.0 Å². The van der Waals surface area contributed by atoms with Gasteiger partial charge in [-0.25, -0.2) is 23.7 Å². The van der Waals surface area contributed by atoms with E-state index in [1.807, 2.05) is 93.5 Å². The van der Waals surface area contributed by atoms with Crippen molar-refractivity contribution in [1.29, 1.82) is 0 Å². The fourth-order valence-electron chi connectivity index (χ4n) is 10.6. The van der Waals surface area contributed by atoms with E-state index < -0.39 is 103 Å². The van der Waals surface area contributed by atoms with Crippen molar-refractivity contribution in [2.24, 2.45) is 27.9 Å². The number of aliphatic hydroxyl groups is 2. The molecule has 0 saturated carbocycles. The van der Waals surface area contributed by atoms with Gasteiger partial charge in [0.15, 0.2) is 18.7 Å². The van der Waals surface area contributed by atoms with Crippen LogP contribution in [-0.2, 0) is 76.3 Å². The van der Waals surface area contributed by atoms with Crippen LogP contribution in [0.4, 0.5) is 10.2 Å². The van der Waals surface area contributed by atoms with Gasteiger partial charge in [-0.1, -0.05) is 100 Å². The highest BCUT2D eigenvalue weighted by atomic mass is 32.1. The maximum absolute atomic E-state index is 17.1. The number of amides is 1. The van der Waals surface area contributed by atoms with Gasteiger partial charge in [0.2, 0.25) is 5.91 Å². The van der Waals surface area contributed by atoms with Gasteiger partial charge in [-0.3, -0.25) is 28.7 Å². The van der Waals surface area contributed by atoms with Crippen LogP contribution in [0.2, 0.25) is 0 Å². The minimum atomic E-state index is -3.94. The number of aliphatic hydroxyl groups excluding tert-OH is 1. The van der Waals surface area contributed by atoms with Gasteiger partial charge in [-0.2, -0.15) is 0 Å². The molecule has 0 radical (unpaired) electrons. The summed E-state index contributed by atoms with van der Waals surface area (Å²) in [5, 5.41) is 34.0. The van der Waals surface area contributed by atoms with E-state index in [1.165, 1.54) is 25.2 Å². The third kappa shape index (κ3) is 15.7. The molecule has 2 aromatic carbocycles. The van der Waals surface area contributed by atoms with Crippen LogP contribution >= 0.6 is 19.1 Å². The van der Waals surface area contributed by atoms with Gasteiger partial charge in [-0.05, 0) is 90.2 Å². The number of halogens is 1. The maximum atomic E-state index is 17.1. The summed E-state index contributed by atoms with van der Waals surface area (Å²) in [6.45, 7) is 13.2. The van der Waals surface area contributed by atoms with E-state index in [2.05, 4.69) is 25.2 Å². The molecule has 2 aromatic heterocycles. The molecule has 81 heavy (non-hydrogen) atoms. The predicted molar refractivity (Wildman–Crippen MR) is 303 cm³/mol. The number of oxime groups is 1. The first kappa shape index (κ1) is 63.4. The number of benzene rings is 2. The number of thiazole rings is 1. The number of rotatable bonds is 17. The smallest absolute Gasteiger partial charge is 0.434 e. The van der Waals surface area contributed by atoms with Gasteiger partial charge in [0.1, 0.15) is 34.3 Å². The lowest BCUT2D eigenvalue weighted by molar-refractivity contribution is -0.296. The zero-order chi connectivity index (χ0) is 58.9. The summed E-state index contributed by atoms with van der Waals surface area (Å²) in [5.41, 5.74) is -3.78. The number of Topliss-reactive ketones (excluding diaryl/α,β-unsaturated/α-hetero) is 1. The maximum Gasteiger partial charge on any atom is 0.434 e. The summed E-state index contributed by atoms with van der Waals surface area (Å²) in [5.74, 6) is -5.94. The molecule has 1 amide bonds. The molecule has 442 valence electrons. The van der Waals surface area contributed by atoms with Crippen molar-refractivity contribution in [2.75, 3.05) is 32.4 Å². The number of cyclic esters (lactones) is 1. The van der Waals surface area contributed by atoms with Crippen LogP contribution in [0.3, 0.4) is 0 Å². The zero-order valence-corrected chi connectivity index (χ0v) is 49.7. The Balaban J connectivity index is 1.19. The van der Waals surface area contributed by atoms with Crippen molar-refractivity contribution < 1.29 is 71.1 Å². The van der Waals surface area contributed by atoms with Crippen molar-refractivity contribution in [3.8, 4) is 10.6 Å². The largest absolute Gasteiger partial charge is 0.457 e. The van der Waals surface area contributed by atoms with Crippen LogP contribution < -0.4 is 5.09 Å². The fraction of sp³-hybridized carbons (Fsp3) is 0.569. The summed E-state index contributed by atoms with van der Waals surface area (Å²) in [6.07, 6.45) is -5.17. The first-order chi connectivity index (χ1) is 38.4. The summed E-state index contributed by atoms with van der Waals surface area (Å²) in [6, 6.07) is 21.8. The minimum absolute atomic E-state index is 0.0319. The number of aromatic nitrogens is 2. The molecule has 3 aliphatic rings. The molecule has 13 atom stereocenters. The Hall–Kier alpha value is -5.23. The number of carbonyl (C=O) groups excluding carboxylic acids is 3. The molecule has 3 fully saturated rings. The van der Waals surface area contributed by atoms with Crippen molar-refractivity contribution in [2.45, 2.75) is 168 Å². The first-order valence-electron chi connectivity index (χ1n) is 27.4. The molecule has 3 N–H and O–H groups in total. The van der Waals surface area contributed by atoms with Crippen LogP contribution in [0.15, 0.2) is 94.5 Å². The highest BCUT2D eigenvalue weighted by Gasteiger charge is 2.57. The Labute approximate surface area is 477 Å². The standard InChI is InChI=1S/C58H78FN6O14PS/c1-12-45-58(9,70)52-37(5)48(62-47(66)13-2)35(3)27-56(7,51(38(6)50(68)57(8,59)55(69)78-45)79-54-49(67)44(65(10)11)26-36(4)77-54)73-32-43(31-72-52)63-74-33-42-25-24-41(28-60-42)53-61-46(34-81-53)64-80(71,75-29-39-20-16-14-17-21-39)76-30-40-22-18-15-19-23-40/h14-25,28,34-38,44-45,49,51-52,54,67,70H,12-13,26-27,29-33H2,1-11H3,(H,64,71)/b62-48+,63-43+/t35-,36-,37+,38+,44+,45-,49-,51-,52-,54+,56-,57+,58-/m1/s1. The van der Waals surface area contributed by atoms with Gasteiger partial charge in [0, 0.05) is 47.2 Å². The van der Waals surface area contributed by atoms with Gasteiger partial charge >= 0.3 is 13.7 Å². The van der Waals surface area contributed by atoms with E-state index >= 15 is 4.39 Å². The van der Waals surface area contributed by atoms with Crippen LogP contribution in [0.1, 0.15) is 105 Å². The van der Waals surface area contributed by atoms with Crippen LogP contribution in [0.25, 0.3) is 10.6 Å².